The molecule has 20 heavy (non-hydrogen) atoms. The van der Waals surface area contributed by atoms with Crippen LogP contribution in [0.2, 0.25) is 0 Å². The van der Waals surface area contributed by atoms with Gasteiger partial charge in [-0.1, -0.05) is 18.2 Å². The maximum Gasteiger partial charge on any atom is 0.360 e. The molecule has 0 saturated carbocycles. The molecule has 5 heteroatoms. The van der Waals surface area contributed by atoms with E-state index in [4.69, 9.17) is 9.47 Å². The summed E-state index contributed by atoms with van der Waals surface area (Å²) in [5.41, 5.74) is 2.97. The van der Waals surface area contributed by atoms with Crippen molar-refractivity contribution in [2.45, 2.75) is 13.2 Å². The second kappa shape index (κ2) is 4.05. The van der Waals surface area contributed by atoms with Crippen LogP contribution in [0.15, 0.2) is 30.5 Å². The third-order valence-corrected chi connectivity index (χ3v) is 3.54. The Balaban J connectivity index is 2.11. The summed E-state index contributed by atoms with van der Waals surface area (Å²) in [5.74, 6) is -0.425. The number of nitrogens with zero attached hydrogens (tertiary/aromatic N) is 1. The number of ether oxygens (including phenoxy) is 2. The topological polar surface area (TPSA) is 64.2 Å². The molecule has 1 atom stereocenters. The minimum atomic E-state index is -0.669. The summed E-state index contributed by atoms with van der Waals surface area (Å²) in [6.07, 6.45) is 1.00. The highest BCUT2D eigenvalue weighted by Crippen LogP contribution is 2.39. The van der Waals surface area contributed by atoms with Gasteiger partial charge in [-0.2, -0.15) is 0 Å². The van der Waals surface area contributed by atoms with Crippen molar-refractivity contribution in [3.8, 4) is 0 Å². The van der Waals surface area contributed by atoms with Crippen LogP contribution in [0, 0.1) is 0 Å². The van der Waals surface area contributed by atoms with Crippen molar-refractivity contribution in [3.63, 3.8) is 0 Å². The van der Waals surface area contributed by atoms with Gasteiger partial charge in [-0.05, 0) is 13.0 Å². The van der Waals surface area contributed by atoms with Gasteiger partial charge in [0.1, 0.15) is 0 Å². The number of H-pyrrole nitrogens is 1. The Hall–Kier alpha value is -2.40. The fraction of sp³-hybridized carbons (Fsp3) is 0.200. The number of cyclic esters (lactones) is 1. The van der Waals surface area contributed by atoms with Crippen LogP contribution in [0.3, 0.4) is 0 Å². The Morgan fingerprint density at radius 2 is 2.20 bits per heavy atom. The summed E-state index contributed by atoms with van der Waals surface area (Å²) in [5, 5.41) is 2.00. The van der Waals surface area contributed by atoms with Crippen molar-refractivity contribution in [2.75, 3.05) is 6.61 Å². The van der Waals surface area contributed by atoms with Gasteiger partial charge < -0.3 is 14.5 Å². The smallest absolute Gasteiger partial charge is 0.360 e. The number of hydrogen-bond donors (Lipinski definition) is 1. The van der Waals surface area contributed by atoms with E-state index >= 15 is 0 Å². The van der Waals surface area contributed by atoms with Gasteiger partial charge in [0.2, 0.25) is 6.29 Å². The number of carbonyl (C=O) groups is 1. The van der Waals surface area contributed by atoms with Crippen LogP contribution in [0.5, 0.6) is 0 Å². The molecular formula is C15H12N2O3. The van der Waals surface area contributed by atoms with Gasteiger partial charge >= 0.3 is 5.97 Å². The number of para-hydroxylation sites is 1. The Kier molecular flexibility index (Phi) is 2.31. The van der Waals surface area contributed by atoms with Gasteiger partial charge in [-0.15, -0.1) is 0 Å². The van der Waals surface area contributed by atoms with Crippen LogP contribution in [0.25, 0.3) is 21.8 Å². The minimum absolute atomic E-state index is 0.348. The van der Waals surface area contributed by atoms with E-state index in [1.807, 2.05) is 31.2 Å². The molecule has 1 aromatic carbocycles. The number of aromatic nitrogens is 2. The van der Waals surface area contributed by atoms with Crippen molar-refractivity contribution < 1.29 is 14.3 Å². The van der Waals surface area contributed by atoms with Crippen molar-refractivity contribution in [1.82, 2.24) is 9.97 Å². The normalized spacial score (nSPS) is 17.6. The van der Waals surface area contributed by atoms with E-state index in [9.17, 15) is 4.79 Å². The average molecular weight is 268 g/mol. The predicted octanol–water partition coefficient (Wildman–Crippen LogP) is 2.92. The van der Waals surface area contributed by atoms with Crippen LogP contribution in [0.4, 0.5) is 0 Å². The lowest BCUT2D eigenvalue weighted by molar-refractivity contribution is -0.0986. The predicted molar refractivity (Wildman–Crippen MR) is 73.4 cm³/mol. The quantitative estimate of drug-likeness (QED) is 0.726. The second-order valence-corrected chi connectivity index (χ2v) is 4.67. The van der Waals surface area contributed by atoms with Crippen molar-refractivity contribution in [3.05, 3.63) is 41.7 Å². The Labute approximate surface area is 114 Å². The average Bonchev–Trinajstić information content (AvgIpc) is 2.97. The molecule has 1 aliphatic rings. The molecule has 0 spiro atoms. The first kappa shape index (κ1) is 11.4. The van der Waals surface area contributed by atoms with Crippen molar-refractivity contribution in [1.29, 1.82) is 0 Å². The number of aromatic amines is 1. The zero-order valence-corrected chi connectivity index (χ0v) is 10.8. The Morgan fingerprint density at radius 3 is 3.05 bits per heavy atom. The molecular weight excluding hydrogens is 256 g/mol. The SMILES string of the molecule is CCOC1OC(=O)c2ncc3[nH]c4ccccc4c3c21. The number of pyridine rings is 1. The fourth-order valence-corrected chi connectivity index (χ4v) is 2.74. The molecule has 0 bridgehead atoms. The molecule has 1 aliphatic heterocycles. The van der Waals surface area contributed by atoms with E-state index < -0.39 is 12.3 Å². The summed E-state index contributed by atoms with van der Waals surface area (Å²) >= 11 is 0. The standard InChI is InChI=1S/C15H12N2O3/c1-2-19-15-12-11-8-5-3-4-6-9(8)17-10(11)7-16-13(12)14(18)20-15/h3-7,15,17H,2H2,1H3. The summed E-state index contributed by atoms with van der Waals surface area (Å²) in [6, 6.07) is 7.94. The van der Waals surface area contributed by atoms with E-state index in [0.29, 0.717) is 12.3 Å². The highest BCUT2D eigenvalue weighted by Gasteiger charge is 2.35. The summed E-state index contributed by atoms with van der Waals surface area (Å²) in [7, 11) is 0. The molecule has 3 heterocycles. The monoisotopic (exact) mass is 268 g/mol. The molecule has 1 unspecified atom stereocenters. The van der Waals surface area contributed by atoms with Gasteiger partial charge in [0.25, 0.3) is 0 Å². The third kappa shape index (κ3) is 1.41. The molecule has 0 saturated heterocycles. The van der Waals surface area contributed by atoms with Crippen LogP contribution in [-0.4, -0.2) is 22.5 Å². The molecule has 0 fully saturated rings. The van der Waals surface area contributed by atoms with Gasteiger partial charge in [-0.25, -0.2) is 9.78 Å². The van der Waals surface area contributed by atoms with Crippen LogP contribution in [-0.2, 0) is 9.47 Å². The number of hydrogen-bond acceptors (Lipinski definition) is 4. The lowest BCUT2D eigenvalue weighted by Crippen LogP contribution is -2.03. The third-order valence-electron chi connectivity index (χ3n) is 3.54. The lowest BCUT2D eigenvalue weighted by Gasteiger charge is -2.10. The maximum absolute atomic E-state index is 11.9. The van der Waals surface area contributed by atoms with E-state index in [2.05, 4.69) is 9.97 Å². The maximum atomic E-state index is 11.9. The number of benzene rings is 1. The van der Waals surface area contributed by atoms with E-state index in [0.717, 1.165) is 27.4 Å². The molecule has 3 aromatic rings. The summed E-state index contributed by atoms with van der Waals surface area (Å²) in [4.78, 5) is 19.4. The van der Waals surface area contributed by atoms with Crippen LogP contribution < -0.4 is 0 Å². The van der Waals surface area contributed by atoms with Crippen LogP contribution >= 0.6 is 0 Å². The number of rotatable bonds is 2. The van der Waals surface area contributed by atoms with Gasteiger partial charge in [0, 0.05) is 22.9 Å². The first-order chi connectivity index (χ1) is 9.79. The van der Waals surface area contributed by atoms with E-state index in [1.165, 1.54) is 0 Å². The molecule has 100 valence electrons. The largest absolute Gasteiger partial charge is 0.426 e. The van der Waals surface area contributed by atoms with Gasteiger partial charge in [0.15, 0.2) is 5.69 Å². The summed E-state index contributed by atoms with van der Waals surface area (Å²) < 4.78 is 10.8. The number of carbonyl (C=O) groups excluding carboxylic acids is 1. The zero-order chi connectivity index (χ0) is 13.7. The lowest BCUT2D eigenvalue weighted by atomic mass is 10.1. The molecule has 5 nitrogen and oxygen atoms in total. The minimum Gasteiger partial charge on any atom is -0.426 e. The van der Waals surface area contributed by atoms with Gasteiger partial charge in [-0.3, -0.25) is 0 Å². The molecule has 0 radical (unpaired) electrons. The van der Waals surface area contributed by atoms with Crippen molar-refractivity contribution >= 4 is 27.8 Å². The van der Waals surface area contributed by atoms with E-state index in [-0.39, 0.29) is 0 Å². The highest BCUT2D eigenvalue weighted by molar-refractivity contribution is 6.12. The molecule has 4 rings (SSSR count). The molecule has 0 aliphatic carbocycles. The van der Waals surface area contributed by atoms with Crippen molar-refractivity contribution in [2.24, 2.45) is 0 Å². The Morgan fingerprint density at radius 1 is 1.35 bits per heavy atom. The number of nitrogens with one attached hydrogen (secondary N) is 1. The number of fused-ring (bicyclic) bond motifs is 5. The highest BCUT2D eigenvalue weighted by atomic mass is 16.7. The second-order valence-electron chi connectivity index (χ2n) is 4.67. The molecule has 1 N–H and O–H groups in total. The first-order valence-corrected chi connectivity index (χ1v) is 6.51. The Bertz CT molecular complexity index is 838. The number of esters is 1. The fourth-order valence-electron chi connectivity index (χ4n) is 2.74. The first-order valence-electron chi connectivity index (χ1n) is 6.51. The summed E-state index contributed by atoms with van der Waals surface area (Å²) in [6.45, 7) is 2.34. The zero-order valence-electron chi connectivity index (χ0n) is 10.8. The van der Waals surface area contributed by atoms with E-state index in [1.54, 1.807) is 6.20 Å². The van der Waals surface area contributed by atoms with Gasteiger partial charge in [0.05, 0.1) is 17.3 Å². The molecule has 0 amide bonds. The van der Waals surface area contributed by atoms with Crippen LogP contribution in [0.1, 0.15) is 29.3 Å². The molecule has 2 aromatic heterocycles.